The van der Waals surface area contributed by atoms with E-state index in [9.17, 15) is 4.79 Å². The topological polar surface area (TPSA) is 81.8 Å². The fourth-order valence-electron chi connectivity index (χ4n) is 1.65. The van der Waals surface area contributed by atoms with Crippen LogP contribution < -0.4 is 15.2 Å². The van der Waals surface area contributed by atoms with E-state index in [2.05, 4.69) is 15.9 Å². The zero-order valence-electron chi connectivity index (χ0n) is 8.98. The average Bonchev–Trinajstić information content (AvgIpc) is 2.28. The summed E-state index contributed by atoms with van der Waals surface area (Å²) in [6.07, 6.45) is -0.119. The van der Waals surface area contributed by atoms with E-state index in [4.69, 9.17) is 20.3 Å². The van der Waals surface area contributed by atoms with Crippen molar-refractivity contribution in [3.05, 3.63) is 22.2 Å². The lowest BCUT2D eigenvalue weighted by atomic mass is 10.0. The molecule has 0 amide bonds. The van der Waals surface area contributed by atoms with Crippen LogP contribution in [0.2, 0.25) is 0 Å². The minimum Gasteiger partial charge on any atom is -0.486 e. The summed E-state index contributed by atoms with van der Waals surface area (Å²) in [7, 11) is 0. The number of fused-ring (bicyclic) bond motifs is 1. The Balaban J connectivity index is 2.30. The molecule has 0 fully saturated rings. The first-order chi connectivity index (χ1) is 8.08. The molecule has 1 aromatic carbocycles. The Morgan fingerprint density at radius 2 is 2.18 bits per heavy atom. The number of hydrogen-bond donors (Lipinski definition) is 2. The molecule has 1 heterocycles. The van der Waals surface area contributed by atoms with Crippen LogP contribution in [0.25, 0.3) is 0 Å². The van der Waals surface area contributed by atoms with E-state index in [-0.39, 0.29) is 6.42 Å². The van der Waals surface area contributed by atoms with Crippen molar-refractivity contribution in [2.45, 2.75) is 12.5 Å². The molecule has 2 rings (SSSR count). The maximum Gasteiger partial charge on any atom is 0.305 e. The van der Waals surface area contributed by atoms with Crippen molar-refractivity contribution in [3.8, 4) is 11.5 Å². The molecule has 1 unspecified atom stereocenters. The molecule has 1 aromatic rings. The molecule has 0 bridgehead atoms. The van der Waals surface area contributed by atoms with Gasteiger partial charge in [-0.1, -0.05) is 0 Å². The number of carbonyl (C=O) groups is 1. The SMILES string of the molecule is NC(CC(=O)O)c1cc(Br)c2c(c1)OCCO2. The summed E-state index contributed by atoms with van der Waals surface area (Å²) >= 11 is 3.36. The highest BCUT2D eigenvalue weighted by Gasteiger charge is 2.19. The minimum absolute atomic E-state index is 0.119. The Labute approximate surface area is 107 Å². The number of nitrogens with two attached hydrogens (primary N) is 1. The molecular formula is C11H12BrNO4. The van der Waals surface area contributed by atoms with Crippen LogP contribution in [0.5, 0.6) is 11.5 Å². The number of rotatable bonds is 3. The summed E-state index contributed by atoms with van der Waals surface area (Å²) < 4.78 is 11.6. The number of ether oxygens (including phenoxy) is 2. The van der Waals surface area contributed by atoms with Crippen LogP contribution in [-0.4, -0.2) is 24.3 Å². The predicted octanol–water partition coefficient (Wildman–Crippen LogP) is 1.69. The predicted molar refractivity (Wildman–Crippen MR) is 64.3 cm³/mol. The van der Waals surface area contributed by atoms with Gasteiger partial charge < -0.3 is 20.3 Å². The standard InChI is InChI=1S/C11H12BrNO4/c12-7-3-6(8(13)5-10(14)15)4-9-11(7)17-2-1-16-9/h3-4,8H,1-2,5,13H2,(H,14,15). The highest BCUT2D eigenvalue weighted by atomic mass is 79.9. The molecule has 1 aliphatic rings. The molecule has 0 spiro atoms. The van der Waals surface area contributed by atoms with E-state index in [1.165, 1.54) is 0 Å². The van der Waals surface area contributed by atoms with Crippen molar-refractivity contribution in [3.63, 3.8) is 0 Å². The zero-order chi connectivity index (χ0) is 12.4. The van der Waals surface area contributed by atoms with Crippen LogP contribution in [-0.2, 0) is 4.79 Å². The number of hydrogen-bond acceptors (Lipinski definition) is 4. The van der Waals surface area contributed by atoms with Crippen molar-refractivity contribution < 1.29 is 19.4 Å². The molecule has 0 aromatic heterocycles. The number of benzene rings is 1. The molecule has 0 aliphatic carbocycles. The average molecular weight is 302 g/mol. The van der Waals surface area contributed by atoms with Gasteiger partial charge in [-0.05, 0) is 33.6 Å². The van der Waals surface area contributed by atoms with Gasteiger partial charge in [-0.2, -0.15) is 0 Å². The first-order valence-corrected chi connectivity index (χ1v) is 5.93. The summed E-state index contributed by atoms with van der Waals surface area (Å²) in [5, 5.41) is 8.71. The van der Waals surface area contributed by atoms with Crippen LogP contribution in [0, 0.1) is 0 Å². The maximum atomic E-state index is 10.6. The quantitative estimate of drug-likeness (QED) is 0.888. The molecular weight excluding hydrogens is 290 g/mol. The number of halogens is 1. The van der Waals surface area contributed by atoms with E-state index in [0.29, 0.717) is 30.3 Å². The lowest BCUT2D eigenvalue weighted by molar-refractivity contribution is -0.137. The Hall–Kier alpha value is -1.27. The number of carboxylic acids is 1. The van der Waals surface area contributed by atoms with Gasteiger partial charge in [0.1, 0.15) is 13.2 Å². The largest absolute Gasteiger partial charge is 0.486 e. The Morgan fingerprint density at radius 1 is 1.47 bits per heavy atom. The second kappa shape index (κ2) is 4.93. The van der Waals surface area contributed by atoms with Gasteiger partial charge in [0, 0.05) is 6.04 Å². The van der Waals surface area contributed by atoms with Crippen LogP contribution in [0.15, 0.2) is 16.6 Å². The lowest BCUT2D eigenvalue weighted by Gasteiger charge is -2.21. The van der Waals surface area contributed by atoms with Gasteiger partial charge in [-0.15, -0.1) is 0 Å². The fourth-order valence-corrected chi connectivity index (χ4v) is 2.23. The molecule has 3 N–H and O–H groups in total. The van der Waals surface area contributed by atoms with Gasteiger partial charge in [-0.25, -0.2) is 0 Å². The van der Waals surface area contributed by atoms with Crippen molar-refractivity contribution in [2.24, 2.45) is 5.73 Å². The molecule has 1 aliphatic heterocycles. The number of aliphatic carboxylic acids is 1. The Morgan fingerprint density at radius 3 is 2.88 bits per heavy atom. The maximum absolute atomic E-state index is 10.6. The van der Waals surface area contributed by atoms with Crippen LogP contribution in [0.3, 0.4) is 0 Å². The molecule has 0 saturated heterocycles. The third-order valence-corrected chi connectivity index (χ3v) is 3.03. The van der Waals surface area contributed by atoms with Crippen molar-refractivity contribution in [1.29, 1.82) is 0 Å². The molecule has 0 radical (unpaired) electrons. The summed E-state index contributed by atoms with van der Waals surface area (Å²) in [5.74, 6) is 0.313. The normalized spacial score (nSPS) is 15.4. The number of carboxylic acid groups (broad SMARTS) is 1. The molecule has 6 heteroatoms. The molecule has 17 heavy (non-hydrogen) atoms. The summed E-state index contributed by atoms with van der Waals surface area (Å²) in [6, 6.07) is 2.94. The van der Waals surface area contributed by atoms with Crippen molar-refractivity contribution >= 4 is 21.9 Å². The van der Waals surface area contributed by atoms with Gasteiger partial charge in [0.15, 0.2) is 11.5 Å². The van der Waals surface area contributed by atoms with Gasteiger partial charge in [0.2, 0.25) is 0 Å². The van der Waals surface area contributed by atoms with Gasteiger partial charge >= 0.3 is 5.97 Å². The zero-order valence-corrected chi connectivity index (χ0v) is 10.6. The highest BCUT2D eigenvalue weighted by molar-refractivity contribution is 9.10. The van der Waals surface area contributed by atoms with E-state index >= 15 is 0 Å². The first kappa shape index (κ1) is 12.2. The molecule has 5 nitrogen and oxygen atoms in total. The van der Waals surface area contributed by atoms with E-state index < -0.39 is 12.0 Å². The van der Waals surface area contributed by atoms with Crippen molar-refractivity contribution in [2.75, 3.05) is 13.2 Å². The third-order valence-electron chi connectivity index (χ3n) is 2.44. The monoisotopic (exact) mass is 301 g/mol. The second-order valence-corrected chi connectivity index (χ2v) is 4.59. The second-order valence-electron chi connectivity index (χ2n) is 3.73. The van der Waals surface area contributed by atoms with Crippen molar-refractivity contribution in [1.82, 2.24) is 0 Å². The van der Waals surface area contributed by atoms with Crippen LogP contribution in [0.4, 0.5) is 0 Å². The smallest absolute Gasteiger partial charge is 0.305 e. The Bertz CT molecular complexity index is 449. The lowest BCUT2D eigenvalue weighted by Crippen LogP contribution is -2.18. The molecule has 1 atom stereocenters. The van der Waals surface area contributed by atoms with Gasteiger partial charge in [-0.3, -0.25) is 4.79 Å². The summed E-state index contributed by atoms with van der Waals surface area (Å²) in [4.78, 5) is 10.6. The van der Waals surface area contributed by atoms with E-state index in [1.54, 1.807) is 12.1 Å². The molecule has 92 valence electrons. The van der Waals surface area contributed by atoms with E-state index in [1.807, 2.05) is 0 Å². The first-order valence-electron chi connectivity index (χ1n) is 5.14. The van der Waals surface area contributed by atoms with Crippen LogP contribution >= 0.6 is 15.9 Å². The highest BCUT2D eigenvalue weighted by Crippen LogP contribution is 2.39. The van der Waals surface area contributed by atoms with Crippen LogP contribution in [0.1, 0.15) is 18.0 Å². The summed E-state index contributed by atoms with van der Waals surface area (Å²) in [6.45, 7) is 0.989. The van der Waals surface area contributed by atoms with Gasteiger partial charge in [0.05, 0.1) is 10.9 Å². The van der Waals surface area contributed by atoms with E-state index in [0.717, 1.165) is 4.47 Å². The minimum atomic E-state index is -0.927. The molecule has 0 saturated carbocycles. The third kappa shape index (κ3) is 2.70. The van der Waals surface area contributed by atoms with Gasteiger partial charge in [0.25, 0.3) is 0 Å². The summed E-state index contributed by atoms with van der Waals surface area (Å²) in [5.41, 5.74) is 6.51. The fraction of sp³-hybridized carbons (Fsp3) is 0.364. The Kier molecular flexibility index (Phi) is 3.54.